The molecule has 0 saturated heterocycles. The van der Waals surface area contributed by atoms with Crippen LogP contribution in [0.5, 0.6) is 0 Å². The number of anilines is 2. The lowest BCUT2D eigenvalue weighted by Crippen LogP contribution is -2.13. The van der Waals surface area contributed by atoms with Crippen molar-refractivity contribution in [3.05, 3.63) is 46.5 Å². The monoisotopic (exact) mass is 288 g/mol. The predicted octanol–water partition coefficient (Wildman–Crippen LogP) is 1.87. The highest BCUT2D eigenvalue weighted by Crippen LogP contribution is 2.14. The van der Waals surface area contributed by atoms with E-state index >= 15 is 0 Å². The Morgan fingerprint density at radius 3 is 2.76 bits per heavy atom. The van der Waals surface area contributed by atoms with Crippen molar-refractivity contribution in [2.24, 2.45) is 0 Å². The van der Waals surface area contributed by atoms with Gasteiger partial charge in [0, 0.05) is 5.69 Å². The molecule has 0 aliphatic rings. The molecular weight excluding hydrogens is 272 g/mol. The summed E-state index contributed by atoms with van der Waals surface area (Å²) in [5, 5.41) is 8.74. The number of carbonyl (C=O) groups is 1. The number of esters is 1. The topological polar surface area (TPSA) is 97.0 Å². The number of H-pyrrole nitrogens is 1. The molecule has 110 valence electrons. The fraction of sp³-hybridized carbons (Fsp3) is 0.286. The van der Waals surface area contributed by atoms with Crippen molar-refractivity contribution in [1.29, 1.82) is 0 Å². The van der Waals surface area contributed by atoms with E-state index in [2.05, 4.69) is 20.5 Å². The third-order valence-corrected chi connectivity index (χ3v) is 2.69. The van der Waals surface area contributed by atoms with Crippen LogP contribution in [0, 0.1) is 0 Å². The van der Waals surface area contributed by atoms with Crippen LogP contribution in [0.3, 0.4) is 0 Å². The second kappa shape index (κ2) is 7.18. The summed E-state index contributed by atoms with van der Waals surface area (Å²) in [4.78, 5) is 26.4. The van der Waals surface area contributed by atoms with Gasteiger partial charge in [0.15, 0.2) is 5.82 Å². The number of aromatic nitrogens is 3. The van der Waals surface area contributed by atoms with Crippen molar-refractivity contribution < 1.29 is 9.53 Å². The van der Waals surface area contributed by atoms with Crippen LogP contribution in [0.4, 0.5) is 11.5 Å². The normalized spacial score (nSPS) is 10.1. The van der Waals surface area contributed by atoms with Crippen LogP contribution in [0.1, 0.15) is 30.1 Å². The molecule has 1 aromatic carbocycles. The number of unbranched alkanes of at least 4 members (excludes halogenated alkanes) is 1. The van der Waals surface area contributed by atoms with Gasteiger partial charge in [0.25, 0.3) is 0 Å². The Kier molecular flexibility index (Phi) is 5.03. The molecule has 0 atom stereocenters. The Hall–Kier alpha value is -2.70. The molecule has 7 heteroatoms. The summed E-state index contributed by atoms with van der Waals surface area (Å²) in [7, 11) is 0. The first-order valence-corrected chi connectivity index (χ1v) is 6.65. The fourth-order valence-corrected chi connectivity index (χ4v) is 1.60. The van der Waals surface area contributed by atoms with Crippen molar-refractivity contribution >= 4 is 17.5 Å². The molecule has 0 aliphatic carbocycles. The number of carbonyl (C=O) groups excluding carboxylic acids is 1. The molecule has 0 unspecified atom stereocenters. The molecule has 21 heavy (non-hydrogen) atoms. The lowest BCUT2D eigenvalue weighted by atomic mass is 10.2. The van der Waals surface area contributed by atoms with Gasteiger partial charge in [0.2, 0.25) is 0 Å². The first-order valence-electron chi connectivity index (χ1n) is 6.65. The van der Waals surface area contributed by atoms with Gasteiger partial charge in [0.1, 0.15) is 0 Å². The highest BCUT2D eigenvalue weighted by molar-refractivity contribution is 5.89. The molecule has 1 heterocycles. The number of nitrogens with one attached hydrogen (secondary N) is 2. The lowest BCUT2D eigenvalue weighted by Gasteiger charge is -2.06. The number of rotatable bonds is 6. The number of benzene rings is 1. The van der Waals surface area contributed by atoms with Gasteiger partial charge in [-0.3, -0.25) is 0 Å². The van der Waals surface area contributed by atoms with Crippen LogP contribution >= 0.6 is 0 Å². The number of nitrogens with zero attached hydrogens (tertiary/aromatic N) is 2. The molecule has 2 aromatic rings. The van der Waals surface area contributed by atoms with Crippen LogP contribution in [0.15, 0.2) is 35.3 Å². The third kappa shape index (κ3) is 4.41. The van der Waals surface area contributed by atoms with E-state index in [1.165, 1.54) is 6.20 Å². The molecule has 0 aliphatic heterocycles. The quantitative estimate of drug-likeness (QED) is 0.622. The van der Waals surface area contributed by atoms with Crippen LogP contribution in [-0.2, 0) is 4.74 Å². The van der Waals surface area contributed by atoms with E-state index in [1.54, 1.807) is 24.3 Å². The fourth-order valence-electron chi connectivity index (χ4n) is 1.60. The molecule has 2 N–H and O–H groups in total. The van der Waals surface area contributed by atoms with Gasteiger partial charge < -0.3 is 10.1 Å². The maximum absolute atomic E-state index is 11.7. The molecule has 2 rings (SSSR count). The lowest BCUT2D eigenvalue weighted by molar-refractivity contribution is 0.0500. The van der Waals surface area contributed by atoms with Gasteiger partial charge in [-0.25, -0.2) is 14.7 Å². The van der Waals surface area contributed by atoms with E-state index in [-0.39, 0.29) is 5.97 Å². The highest BCUT2D eigenvalue weighted by atomic mass is 16.5. The third-order valence-electron chi connectivity index (χ3n) is 2.69. The highest BCUT2D eigenvalue weighted by Gasteiger charge is 2.06. The SMILES string of the molecule is CCCCOC(=O)c1ccc(Nc2cn[nH]c(=O)n2)cc1. The minimum atomic E-state index is -0.531. The van der Waals surface area contributed by atoms with E-state index in [1.807, 2.05) is 6.92 Å². The Morgan fingerprint density at radius 1 is 1.33 bits per heavy atom. The van der Waals surface area contributed by atoms with Crippen molar-refractivity contribution in [3.8, 4) is 0 Å². The van der Waals surface area contributed by atoms with Gasteiger partial charge in [-0.15, -0.1) is 0 Å². The molecule has 0 amide bonds. The van der Waals surface area contributed by atoms with Crippen LogP contribution in [0.25, 0.3) is 0 Å². The van der Waals surface area contributed by atoms with Gasteiger partial charge in [-0.05, 0) is 30.7 Å². The summed E-state index contributed by atoms with van der Waals surface area (Å²) >= 11 is 0. The maximum atomic E-state index is 11.7. The number of hydrogen-bond acceptors (Lipinski definition) is 6. The van der Waals surface area contributed by atoms with Crippen molar-refractivity contribution in [1.82, 2.24) is 15.2 Å². The molecule has 0 radical (unpaired) electrons. The average Bonchev–Trinajstić information content (AvgIpc) is 2.48. The van der Waals surface area contributed by atoms with E-state index in [4.69, 9.17) is 4.74 Å². The Morgan fingerprint density at radius 2 is 2.10 bits per heavy atom. The van der Waals surface area contributed by atoms with Crippen LogP contribution in [-0.4, -0.2) is 27.8 Å². The summed E-state index contributed by atoms with van der Waals surface area (Å²) in [5.74, 6) is -0.0111. The molecule has 1 aromatic heterocycles. The summed E-state index contributed by atoms with van der Waals surface area (Å²) < 4.78 is 5.12. The smallest absolute Gasteiger partial charge is 0.363 e. The Labute approximate surface area is 121 Å². The second-order valence-corrected chi connectivity index (χ2v) is 4.36. The van der Waals surface area contributed by atoms with Crippen LogP contribution < -0.4 is 11.0 Å². The minimum absolute atomic E-state index is 0.331. The second-order valence-electron chi connectivity index (χ2n) is 4.36. The maximum Gasteiger partial charge on any atom is 0.363 e. The molecule has 0 saturated carbocycles. The standard InChI is InChI=1S/C14H16N4O3/c1-2-3-8-21-13(19)10-4-6-11(7-5-10)16-12-9-15-18-14(20)17-12/h4-7,9H,2-3,8H2,1H3,(H2,16,17,18,20). The van der Waals surface area contributed by atoms with Crippen molar-refractivity contribution in [3.63, 3.8) is 0 Å². The predicted molar refractivity (Wildman–Crippen MR) is 77.6 cm³/mol. The number of hydrogen-bond donors (Lipinski definition) is 2. The van der Waals surface area contributed by atoms with Gasteiger partial charge in [-0.1, -0.05) is 13.3 Å². The average molecular weight is 288 g/mol. The first-order chi connectivity index (χ1) is 10.2. The zero-order valence-electron chi connectivity index (χ0n) is 11.6. The zero-order valence-corrected chi connectivity index (χ0v) is 11.6. The van der Waals surface area contributed by atoms with Crippen LogP contribution in [0.2, 0.25) is 0 Å². The van der Waals surface area contributed by atoms with Gasteiger partial charge in [-0.2, -0.15) is 10.1 Å². The molecule has 0 spiro atoms. The van der Waals surface area contributed by atoms with Crippen molar-refractivity contribution in [2.45, 2.75) is 19.8 Å². The zero-order chi connectivity index (χ0) is 15.1. The Balaban J connectivity index is 1.98. The largest absolute Gasteiger partial charge is 0.462 e. The molecule has 0 bridgehead atoms. The van der Waals surface area contributed by atoms with E-state index in [0.717, 1.165) is 12.8 Å². The molecular formula is C14H16N4O3. The van der Waals surface area contributed by atoms with E-state index in [9.17, 15) is 9.59 Å². The summed E-state index contributed by atoms with van der Waals surface area (Å²) in [6, 6.07) is 6.72. The van der Waals surface area contributed by atoms with Gasteiger partial charge >= 0.3 is 11.7 Å². The Bertz CT molecular complexity index is 652. The van der Waals surface area contributed by atoms with E-state index < -0.39 is 5.69 Å². The number of ether oxygens (including phenoxy) is 1. The van der Waals surface area contributed by atoms with Gasteiger partial charge in [0.05, 0.1) is 18.4 Å². The molecule has 0 fully saturated rings. The summed E-state index contributed by atoms with van der Waals surface area (Å²) in [5.41, 5.74) is 0.643. The first kappa shape index (κ1) is 14.7. The van der Waals surface area contributed by atoms with Crippen molar-refractivity contribution in [2.75, 3.05) is 11.9 Å². The van der Waals surface area contributed by atoms with E-state index in [0.29, 0.717) is 23.7 Å². The molecule has 7 nitrogen and oxygen atoms in total. The summed E-state index contributed by atoms with van der Waals surface area (Å²) in [6.45, 7) is 2.46. The minimum Gasteiger partial charge on any atom is -0.462 e. The summed E-state index contributed by atoms with van der Waals surface area (Å²) in [6.07, 6.45) is 3.23. The number of aromatic amines is 1.